The van der Waals surface area contributed by atoms with Crippen molar-refractivity contribution in [3.63, 3.8) is 0 Å². The molecule has 0 radical (unpaired) electrons. The second-order valence-corrected chi connectivity index (χ2v) is 6.43. The number of fused-ring (bicyclic) bond motifs is 2. The van der Waals surface area contributed by atoms with Gasteiger partial charge in [0.1, 0.15) is 11.5 Å². The second-order valence-electron chi connectivity index (χ2n) is 5.31. The standard InChI is InChI=1S/C15H13FN4OS/c16-9-2-1-8-5-12(18-11(8)6-9)14(21)20-4-3-10-13(7-20)22-15(17)19-10/h1-2,5-6,18H,3-4,7H2,(H2,17,19). The molecule has 3 aromatic rings. The van der Waals surface area contributed by atoms with Gasteiger partial charge in [-0.3, -0.25) is 4.79 Å². The van der Waals surface area contributed by atoms with Crippen LogP contribution in [0.25, 0.3) is 10.9 Å². The molecule has 112 valence electrons. The van der Waals surface area contributed by atoms with Crippen molar-refractivity contribution in [1.82, 2.24) is 14.9 Å². The number of anilines is 1. The van der Waals surface area contributed by atoms with Crippen LogP contribution in [0, 0.1) is 5.82 Å². The van der Waals surface area contributed by atoms with Crippen molar-refractivity contribution in [1.29, 1.82) is 0 Å². The van der Waals surface area contributed by atoms with Crippen molar-refractivity contribution < 1.29 is 9.18 Å². The number of rotatable bonds is 1. The lowest BCUT2D eigenvalue weighted by atomic mass is 10.1. The van der Waals surface area contributed by atoms with Gasteiger partial charge in [-0.05, 0) is 24.3 Å². The van der Waals surface area contributed by atoms with Crippen LogP contribution in [-0.2, 0) is 13.0 Å². The van der Waals surface area contributed by atoms with Crippen LogP contribution in [0.15, 0.2) is 24.3 Å². The fourth-order valence-corrected chi connectivity index (χ4v) is 3.67. The Balaban J connectivity index is 1.63. The molecule has 0 fully saturated rings. The molecule has 7 heteroatoms. The van der Waals surface area contributed by atoms with E-state index in [4.69, 9.17) is 5.73 Å². The molecule has 3 N–H and O–H groups in total. The van der Waals surface area contributed by atoms with Crippen LogP contribution >= 0.6 is 11.3 Å². The number of nitrogens with two attached hydrogens (primary N) is 1. The quantitative estimate of drug-likeness (QED) is 0.724. The lowest BCUT2D eigenvalue weighted by molar-refractivity contribution is 0.0731. The SMILES string of the molecule is Nc1nc2c(s1)CN(C(=O)c1cc3ccc(F)cc3[nH]1)CC2. The van der Waals surface area contributed by atoms with E-state index in [1.807, 2.05) is 0 Å². The molecule has 1 aliphatic rings. The molecule has 0 unspecified atom stereocenters. The minimum atomic E-state index is -0.323. The topological polar surface area (TPSA) is 75.0 Å². The van der Waals surface area contributed by atoms with Gasteiger partial charge in [0, 0.05) is 28.7 Å². The fourth-order valence-electron chi connectivity index (χ4n) is 2.77. The number of carbonyl (C=O) groups is 1. The summed E-state index contributed by atoms with van der Waals surface area (Å²) in [6.45, 7) is 1.13. The Hall–Kier alpha value is -2.41. The molecule has 5 nitrogen and oxygen atoms in total. The maximum absolute atomic E-state index is 13.2. The van der Waals surface area contributed by atoms with Gasteiger partial charge in [0.15, 0.2) is 5.13 Å². The molecule has 0 saturated heterocycles. The molecule has 1 aromatic carbocycles. The van der Waals surface area contributed by atoms with Crippen LogP contribution in [0.2, 0.25) is 0 Å². The lowest BCUT2D eigenvalue weighted by Crippen LogP contribution is -2.35. The number of halogens is 1. The van der Waals surface area contributed by atoms with Crippen molar-refractivity contribution in [3.8, 4) is 0 Å². The summed E-state index contributed by atoms with van der Waals surface area (Å²) in [7, 11) is 0. The summed E-state index contributed by atoms with van der Waals surface area (Å²) in [6.07, 6.45) is 0.712. The zero-order chi connectivity index (χ0) is 15.3. The molecule has 0 atom stereocenters. The smallest absolute Gasteiger partial charge is 0.270 e. The van der Waals surface area contributed by atoms with Crippen molar-refractivity contribution in [2.24, 2.45) is 0 Å². The van der Waals surface area contributed by atoms with E-state index >= 15 is 0 Å². The predicted octanol–water partition coefficient (Wildman–Crippen LogP) is 2.54. The van der Waals surface area contributed by atoms with Crippen LogP contribution in [0.1, 0.15) is 21.1 Å². The van der Waals surface area contributed by atoms with Crippen LogP contribution in [0.3, 0.4) is 0 Å². The first-order chi connectivity index (χ1) is 10.6. The minimum Gasteiger partial charge on any atom is -0.375 e. The van der Waals surface area contributed by atoms with E-state index in [1.54, 1.807) is 17.0 Å². The van der Waals surface area contributed by atoms with E-state index < -0.39 is 0 Å². The molecule has 0 aliphatic carbocycles. The van der Waals surface area contributed by atoms with Crippen LogP contribution in [0.5, 0.6) is 0 Å². The number of benzene rings is 1. The predicted molar refractivity (Wildman–Crippen MR) is 83.2 cm³/mol. The number of aromatic nitrogens is 2. The fraction of sp³-hybridized carbons (Fsp3) is 0.200. The summed E-state index contributed by atoms with van der Waals surface area (Å²) in [5.41, 5.74) is 7.81. The lowest BCUT2D eigenvalue weighted by Gasteiger charge is -2.25. The molecule has 2 aromatic heterocycles. The van der Waals surface area contributed by atoms with Gasteiger partial charge in [-0.2, -0.15) is 0 Å². The number of hydrogen-bond acceptors (Lipinski definition) is 4. The summed E-state index contributed by atoms with van der Waals surface area (Å²) in [4.78, 5) is 22.7. The second kappa shape index (κ2) is 4.81. The van der Waals surface area contributed by atoms with Crippen LogP contribution in [0.4, 0.5) is 9.52 Å². The van der Waals surface area contributed by atoms with E-state index in [0.717, 1.165) is 16.0 Å². The van der Waals surface area contributed by atoms with Gasteiger partial charge >= 0.3 is 0 Å². The van der Waals surface area contributed by atoms with Gasteiger partial charge in [0.2, 0.25) is 0 Å². The summed E-state index contributed by atoms with van der Waals surface area (Å²) >= 11 is 1.43. The Morgan fingerprint density at radius 2 is 2.27 bits per heavy atom. The van der Waals surface area contributed by atoms with Crippen molar-refractivity contribution >= 4 is 33.3 Å². The Morgan fingerprint density at radius 1 is 1.41 bits per heavy atom. The highest BCUT2D eigenvalue weighted by Crippen LogP contribution is 2.27. The maximum Gasteiger partial charge on any atom is 0.270 e. The molecule has 22 heavy (non-hydrogen) atoms. The number of hydrogen-bond donors (Lipinski definition) is 2. The van der Waals surface area contributed by atoms with Crippen LogP contribution in [-0.4, -0.2) is 27.3 Å². The Kier molecular flexibility index (Phi) is 2.90. The summed E-state index contributed by atoms with van der Waals surface area (Å²) in [6, 6.07) is 6.20. The summed E-state index contributed by atoms with van der Waals surface area (Å²) < 4.78 is 13.2. The molecule has 0 spiro atoms. The molecule has 0 bridgehead atoms. The van der Waals surface area contributed by atoms with E-state index in [0.29, 0.717) is 35.9 Å². The monoisotopic (exact) mass is 316 g/mol. The first kappa shape index (κ1) is 13.3. The number of amides is 1. The largest absolute Gasteiger partial charge is 0.375 e. The number of nitrogen functional groups attached to an aromatic ring is 1. The van der Waals surface area contributed by atoms with Gasteiger partial charge in [-0.25, -0.2) is 9.37 Å². The zero-order valence-corrected chi connectivity index (χ0v) is 12.4. The average molecular weight is 316 g/mol. The number of nitrogens with zero attached hydrogens (tertiary/aromatic N) is 2. The van der Waals surface area contributed by atoms with Gasteiger partial charge in [-0.15, -0.1) is 11.3 Å². The minimum absolute atomic E-state index is 0.0887. The van der Waals surface area contributed by atoms with Gasteiger partial charge < -0.3 is 15.6 Å². The van der Waals surface area contributed by atoms with Crippen LogP contribution < -0.4 is 5.73 Å². The zero-order valence-electron chi connectivity index (χ0n) is 11.6. The van der Waals surface area contributed by atoms with E-state index in [-0.39, 0.29) is 11.7 Å². The molecule has 4 rings (SSSR count). The number of carbonyl (C=O) groups excluding carboxylic acids is 1. The van der Waals surface area contributed by atoms with Gasteiger partial charge in [0.25, 0.3) is 5.91 Å². The first-order valence-electron chi connectivity index (χ1n) is 6.92. The average Bonchev–Trinajstić information content (AvgIpc) is 3.07. The number of nitrogens with one attached hydrogen (secondary N) is 1. The molecular formula is C15H13FN4OS. The number of aromatic amines is 1. The third kappa shape index (κ3) is 2.14. The van der Waals surface area contributed by atoms with Crippen molar-refractivity contribution in [2.45, 2.75) is 13.0 Å². The first-order valence-corrected chi connectivity index (χ1v) is 7.73. The molecular weight excluding hydrogens is 303 g/mol. The third-order valence-electron chi connectivity index (χ3n) is 3.85. The summed E-state index contributed by atoms with van der Waals surface area (Å²) in [5.74, 6) is -0.412. The molecule has 0 saturated carbocycles. The highest BCUT2D eigenvalue weighted by molar-refractivity contribution is 7.15. The van der Waals surface area contributed by atoms with E-state index in [2.05, 4.69) is 9.97 Å². The van der Waals surface area contributed by atoms with Gasteiger partial charge in [-0.1, -0.05) is 0 Å². The maximum atomic E-state index is 13.2. The Morgan fingerprint density at radius 3 is 3.14 bits per heavy atom. The normalized spacial score (nSPS) is 14.3. The molecule has 1 aliphatic heterocycles. The number of thiazole rings is 1. The highest BCUT2D eigenvalue weighted by atomic mass is 32.1. The van der Waals surface area contributed by atoms with E-state index in [1.165, 1.54) is 23.5 Å². The molecule has 3 heterocycles. The number of H-pyrrole nitrogens is 1. The Labute approximate surface area is 129 Å². The third-order valence-corrected chi connectivity index (χ3v) is 4.76. The van der Waals surface area contributed by atoms with E-state index in [9.17, 15) is 9.18 Å². The highest BCUT2D eigenvalue weighted by Gasteiger charge is 2.25. The van der Waals surface area contributed by atoms with Crippen molar-refractivity contribution in [2.75, 3.05) is 12.3 Å². The summed E-state index contributed by atoms with van der Waals surface area (Å²) in [5, 5.41) is 1.37. The Bertz CT molecular complexity index is 885. The van der Waals surface area contributed by atoms with Gasteiger partial charge in [0.05, 0.1) is 12.2 Å². The molecule has 1 amide bonds. The van der Waals surface area contributed by atoms with Crippen molar-refractivity contribution in [3.05, 3.63) is 46.3 Å².